The van der Waals surface area contributed by atoms with Gasteiger partial charge in [0.2, 0.25) is 5.09 Å². The highest BCUT2D eigenvalue weighted by Gasteiger charge is 2.23. The Labute approximate surface area is 137 Å². The molecule has 1 saturated carbocycles. The molecule has 0 spiro atoms. The lowest BCUT2D eigenvalue weighted by atomic mass is 10.2. The molecule has 0 saturated heterocycles. The number of primary sulfonamides is 1. The maximum absolute atomic E-state index is 13.4. The van der Waals surface area contributed by atoms with Crippen molar-refractivity contribution in [2.45, 2.75) is 17.9 Å². The summed E-state index contributed by atoms with van der Waals surface area (Å²) in [6, 6.07) is 4.75. The van der Waals surface area contributed by atoms with Crippen molar-refractivity contribution >= 4 is 21.6 Å². The molecule has 0 unspecified atom stereocenters. The van der Waals surface area contributed by atoms with Crippen molar-refractivity contribution in [2.75, 3.05) is 11.9 Å². The number of ether oxygens (including phenoxy) is 1. The number of carbonyl (C=O) groups is 1. The molecule has 3 N–H and O–H groups in total. The Balaban J connectivity index is 1.76. The molecule has 24 heavy (non-hydrogen) atoms. The number of benzene rings is 1. The number of anilines is 1. The molecule has 9 heteroatoms. The Hall–Kier alpha value is -2.39. The van der Waals surface area contributed by atoms with E-state index in [1.54, 1.807) is 0 Å². The van der Waals surface area contributed by atoms with Gasteiger partial charge in [-0.3, -0.25) is 4.79 Å². The first-order chi connectivity index (χ1) is 11.3. The highest BCUT2D eigenvalue weighted by Crippen LogP contribution is 2.32. The monoisotopic (exact) mass is 354 g/mol. The van der Waals surface area contributed by atoms with Crippen LogP contribution < -0.4 is 15.2 Å². The molecule has 1 aliphatic rings. The van der Waals surface area contributed by atoms with Gasteiger partial charge in [-0.25, -0.2) is 17.9 Å². The Kier molecular flexibility index (Phi) is 4.29. The second-order valence-corrected chi connectivity index (χ2v) is 7.04. The van der Waals surface area contributed by atoms with Crippen LogP contribution in [-0.2, 0) is 10.0 Å². The smallest absolute Gasteiger partial charge is 0.271 e. The Morgan fingerprint density at radius 1 is 1.38 bits per heavy atom. The summed E-state index contributed by atoms with van der Waals surface area (Å²) in [4.78, 5) is 12.2. The second kappa shape index (κ2) is 6.25. The third kappa shape index (κ3) is 3.92. The first-order valence-corrected chi connectivity index (χ1v) is 8.72. The largest absolute Gasteiger partial charge is 0.491 e. The summed E-state index contributed by atoms with van der Waals surface area (Å²) in [5.74, 6) is -0.441. The molecule has 1 amide bonds. The highest BCUT2D eigenvalue weighted by molar-refractivity contribution is 7.89. The maximum Gasteiger partial charge on any atom is 0.271 e. The Bertz CT molecular complexity index is 874. The summed E-state index contributed by atoms with van der Waals surface area (Å²) in [6.45, 7) is 0.452. The minimum absolute atomic E-state index is 0.0310. The molecule has 1 fully saturated rings. The third-order valence-corrected chi connectivity index (χ3v) is 4.26. The number of hydrogen-bond acceptors (Lipinski definition) is 5. The lowest BCUT2D eigenvalue weighted by molar-refractivity contribution is 0.102. The average molecular weight is 354 g/mol. The van der Waals surface area contributed by atoms with Gasteiger partial charge in [0.15, 0.2) is 0 Å². The topological polar surface area (TPSA) is 112 Å². The van der Waals surface area contributed by atoms with Gasteiger partial charge in [-0.05, 0) is 30.9 Å². The number of carbonyl (C=O) groups excluding carboxylic acids is 1. The molecule has 128 valence electrons. The molecule has 1 heterocycles. The standard InChI is InChI=1S/C15H15FN2O5S/c16-11-3-4-12(13(6-11)22-7-9-1-2-9)18-15(19)10-5-14(23-8-10)24(17,20)21/h3-6,8-9H,1-2,7H2,(H,18,19)(H2,17,20,21). The van der Waals surface area contributed by atoms with Gasteiger partial charge >= 0.3 is 0 Å². The van der Waals surface area contributed by atoms with Crippen LogP contribution in [0.1, 0.15) is 23.2 Å². The fraction of sp³-hybridized carbons (Fsp3) is 0.267. The minimum atomic E-state index is -4.03. The van der Waals surface area contributed by atoms with Crippen LogP contribution in [0.4, 0.5) is 10.1 Å². The number of sulfonamides is 1. The minimum Gasteiger partial charge on any atom is -0.491 e. The molecule has 0 radical (unpaired) electrons. The van der Waals surface area contributed by atoms with Gasteiger partial charge in [-0.2, -0.15) is 0 Å². The van der Waals surface area contributed by atoms with E-state index in [9.17, 15) is 17.6 Å². The van der Waals surface area contributed by atoms with Gasteiger partial charge in [0, 0.05) is 12.1 Å². The molecule has 0 aliphatic heterocycles. The molecule has 1 aromatic heterocycles. The Morgan fingerprint density at radius 3 is 2.75 bits per heavy atom. The first kappa shape index (κ1) is 16.5. The van der Waals surface area contributed by atoms with Crippen molar-refractivity contribution in [3.8, 4) is 5.75 Å². The first-order valence-electron chi connectivity index (χ1n) is 7.18. The summed E-state index contributed by atoms with van der Waals surface area (Å²) in [5, 5.41) is 6.94. The molecule has 3 rings (SSSR count). The van der Waals surface area contributed by atoms with Crippen molar-refractivity contribution in [3.05, 3.63) is 41.9 Å². The van der Waals surface area contributed by atoms with E-state index in [0.29, 0.717) is 12.5 Å². The molecule has 2 aromatic rings. The summed E-state index contributed by atoms with van der Waals surface area (Å²) < 4.78 is 46.0. The van der Waals surface area contributed by atoms with E-state index in [2.05, 4.69) is 5.32 Å². The van der Waals surface area contributed by atoms with Crippen LogP contribution in [0.25, 0.3) is 0 Å². The van der Waals surface area contributed by atoms with Crippen LogP contribution in [0.5, 0.6) is 5.75 Å². The zero-order valence-electron chi connectivity index (χ0n) is 12.5. The normalized spacial score (nSPS) is 14.4. The van der Waals surface area contributed by atoms with Crippen LogP contribution in [-0.4, -0.2) is 20.9 Å². The van der Waals surface area contributed by atoms with Gasteiger partial charge in [-0.15, -0.1) is 0 Å². The van der Waals surface area contributed by atoms with Crippen molar-refractivity contribution in [3.63, 3.8) is 0 Å². The van der Waals surface area contributed by atoms with E-state index in [4.69, 9.17) is 14.3 Å². The lowest BCUT2D eigenvalue weighted by Crippen LogP contribution is -2.13. The van der Waals surface area contributed by atoms with Crippen LogP contribution in [0.2, 0.25) is 0 Å². The van der Waals surface area contributed by atoms with E-state index in [-0.39, 0.29) is 17.0 Å². The number of rotatable bonds is 6. The van der Waals surface area contributed by atoms with E-state index >= 15 is 0 Å². The van der Waals surface area contributed by atoms with Gasteiger partial charge < -0.3 is 14.5 Å². The number of furan rings is 1. The second-order valence-electron chi connectivity index (χ2n) is 5.55. The maximum atomic E-state index is 13.4. The average Bonchev–Trinajstić information content (AvgIpc) is 3.19. The summed E-state index contributed by atoms with van der Waals surface area (Å²) in [7, 11) is -4.03. The van der Waals surface area contributed by atoms with Crippen molar-refractivity contribution in [1.82, 2.24) is 0 Å². The van der Waals surface area contributed by atoms with E-state index < -0.39 is 26.8 Å². The van der Waals surface area contributed by atoms with Crippen molar-refractivity contribution in [2.24, 2.45) is 11.1 Å². The molecule has 1 aromatic carbocycles. The molecule has 0 atom stereocenters. The predicted octanol–water partition coefficient (Wildman–Crippen LogP) is 2.11. The van der Waals surface area contributed by atoms with Crippen LogP contribution in [0, 0.1) is 11.7 Å². The third-order valence-electron chi connectivity index (χ3n) is 3.48. The number of nitrogens with two attached hydrogens (primary N) is 1. The van der Waals surface area contributed by atoms with Gasteiger partial charge in [0.1, 0.15) is 17.8 Å². The molecule has 7 nitrogen and oxygen atoms in total. The zero-order valence-corrected chi connectivity index (χ0v) is 13.3. The predicted molar refractivity (Wildman–Crippen MR) is 82.7 cm³/mol. The number of halogens is 1. The quantitative estimate of drug-likeness (QED) is 0.825. The van der Waals surface area contributed by atoms with Gasteiger partial charge in [0.05, 0.1) is 17.9 Å². The van der Waals surface area contributed by atoms with Crippen molar-refractivity contribution in [1.29, 1.82) is 0 Å². The number of hydrogen-bond donors (Lipinski definition) is 2. The van der Waals surface area contributed by atoms with E-state index in [1.165, 1.54) is 18.2 Å². The Morgan fingerprint density at radius 2 is 2.12 bits per heavy atom. The van der Waals surface area contributed by atoms with Crippen LogP contribution >= 0.6 is 0 Å². The van der Waals surface area contributed by atoms with Crippen molar-refractivity contribution < 1.29 is 26.8 Å². The molecule has 1 aliphatic carbocycles. The molecule has 0 bridgehead atoms. The molecular weight excluding hydrogens is 339 g/mol. The van der Waals surface area contributed by atoms with Crippen LogP contribution in [0.3, 0.4) is 0 Å². The van der Waals surface area contributed by atoms with E-state index in [0.717, 1.165) is 25.2 Å². The van der Waals surface area contributed by atoms with Crippen LogP contribution in [0.15, 0.2) is 40.0 Å². The number of amides is 1. The van der Waals surface area contributed by atoms with Gasteiger partial charge in [-0.1, -0.05) is 0 Å². The highest BCUT2D eigenvalue weighted by atomic mass is 32.2. The fourth-order valence-electron chi connectivity index (χ4n) is 1.99. The SMILES string of the molecule is NS(=O)(=O)c1cc(C(=O)Nc2ccc(F)cc2OCC2CC2)co1. The lowest BCUT2D eigenvalue weighted by Gasteiger charge is -2.12. The summed E-state index contributed by atoms with van der Waals surface area (Å²) in [5.41, 5.74) is 0.247. The molecular formula is C15H15FN2O5S. The fourth-order valence-corrected chi connectivity index (χ4v) is 2.46. The van der Waals surface area contributed by atoms with E-state index in [1.807, 2.05) is 0 Å². The zero-order chi connectivity index (χ0) is 17.3. The summed E-state index contributed by atoms with van der Waals surface area (Å²) >= 11 is 0. The number of nitrogens with one attached hydrogen (secondary N) is 1. The van der Waals surface area contributed by atoms with Gasteiger partial charge in [0.25, 0.3) is 15.9 Å². The summed E-state index contributed by atoms with van der Waals surface area (Å²) in [6.07, 6.45) is 3.12.